The van der Waals surface area contributed by atoms with Gasteiger partial charge >= 0.3 is 0 Å². The fourth-order valence-electron chi connectivity index (χ4n) is 2.23. The monoisotopic (exact) mass is 295 g/mol. The molecule has 4 heteroatoms. The first-order valence-electron chi connectivity index (χ1n) is 7.73. The number of rotatable bonds is 8. The predicted octanol–water partition coefficient (Wildman–Crippen LogP) is 4.18. The quantitative estimate of drug-likeness (QED) is 0.780. The second-order valence-electron chi connectivity index (χ2n) is 6.02. The van der Waals surface area contributed by atoms with Crippen LogP contribution in [0.3, 0.4) is 0 Å². The molecule has 1 heterocycles. The zero-order valence-electron chi connectivity index (χ0n) is 12.8. The van der Waals surface area contributed by atoms with Crippen molar-refractivity contribution < 1.29 is 0 Å². The van der Waals surface area contributed by atoms with E-state index >= 15 is 0 Å². The van der Waals surface area contributed by atoms with Crippen LogP contribution in [0, 0.1) is 5.92 Å². The number of halogens is 1. The smallest absolute Gasteiger partial charge is 0.126 e. The lowest BCUT2D eigenvalue weighted by atomic mass is 10.2. The Bertz CT molecular complexity index is 430. The van der Waals surface area contributed by atoms with Crippen molar-refractivity contribution in [1.82, 2.24) is 9.88 Å². The Morgan fingerprint density at radius 1 is 1.40 bits per heavy atom. The molecule has 1 aliphatic rings. The molecule has 0 bridgehead atoms. The van der Waals surface area contributed by atoms with Crippen molar-refractivity contribution in [3.8, 4) is 0 Å². The zero-order chi connectivity index (χ0) is 14.5. The van der Waals surface area contributed by atoms with E-state index in [2.05, 4.69) is 36.0 Å². The Kier molecular flexibility index (Phi) is 5.67. The van der Waals surface area contributed by atoms with Crippen molar-refractivity contribution in [2.75, 3.05) is 18.4 Å². The molecular weight excluding hydrogens is 270 g/mol. The van der Waals surface area contributed by atoms with E-state index in [1.165, 1.54) is 19.4 Å². The second-order valence-corrected chi connectivity index (χ2v) is 6.43. The van der Waals surface area contributed by atoms with Gasteiger partial charge in [0.2, 0.25) is 0 Å². The number of nitrogens with zero attached hydrogens (tertiary/aromatic N) is 2. The van der Waals surface area contributed by atoms with Crippen LogP contribution in [0.2, 0.25) is 5.02 Å². The minimum Gasteiger partial charge on any atom is -0.370 e. The molecule has 0 aliphatic heterocycles. The third-order valence-electron chi connectivity index (χ3n) is 3.75. The SMILES string of the molecule is CCCNc1ccc(Cl)c(CN(CC2CC2)C(C)C)n1. The molecule has 0 atom stereocenters. The molecule has 1 saturated carbocycles. The highest BCUT2D eigenvalue weighted by atomic mass is 35.5. The molecule has 2 rings (SSSR count). The van der Waals surface area contributed by atoms with Gasteiger partial charge in [-0.3, -0.25) is 4.90 Å². The first kappa shape index (κ1) is 15.6. The topological polar surface area (TPSA) is 28.2 Å². The fraction of sp³-hybridized carbons (Fsp3) is 0.688. The number of hydrogen-bond donors (Lipinski definition) is 1. The van der Waals surface area contributed by atoms with Gasteiger partial charge in [-0.25, -0.2) is 4.98 Å². The van der Waals surface area contributed by atoms with E-state index < -0.39 is 0 Å². The minimum absolute atomic E-state index is 0.528. The van der Waals surface area contributed by atoms with Crippen LogP contribution >= 0.6 is 11.6 Å². The number of pyridine rings is 1. The lowest BCUT2D eigenvalue weighted by Gasteiger charge is -2.26. The van der Waals surface area contributed by atoms with E-state index in [0.717, 1.165) is 42.0 Å². The molecule has 1 aliphatic carbocycles. The van der Waals surface area contributed by atoms with Gasteiger partial charge in [0, 0.05) is 25.7 Å². The Hall–Kier alpha value is -0.800. The number of anilines is 1. The molecule has 0 aromatic carbocycles. The second kappa shape index (κ2) is 7.28. The van der Waals surface area contributed by atoms with Crippen LogP contribution in [-0.4, -0.2) is 29.0 Å². The maximum atomic E-state index is 6.31. The van der Waals surface area contributed by atoms with Crippen molar-refractivity contribution in [2.45, 2.75) is 52.6 Å². The van der Waals surface area contributed by atoms with Gasteiger partial charge in [0.25, 0.3) is 0 Å². The molecule has 0 radical (unpaired) electrons. The molecule has 0 amide bonds. The van der Waals surface area contributed by atoms with Gasteiger partial charge < -0.3 is 5.32 Å². The summed E-state index contributed by atoms with van der Waals surface area (Å²) in [5, 5.41) is 4.10. The normalized spacial score (nSPS) is 15.1. The van der Waals surface area contributed by atoms with Crippen LogP contribution in [0.4, 0.5) is 5.82 Å². The molecule has 0 unspecified atom stereocenters. The first-order chi connectivity index (χ1) is 9.60. The van der Waals surface area contributed by atoms with Crippen LogP contribution < -0.4 is 5.32 Å². The summed E-state index contributed by atoms with van der Waals surface area (Å²) >= 11 is 6.31. The Balaban J connectivity index is 2.04. The summed E-state index contributed by atoms with van der Waals surface area (Å²) in [6.45, 7) is 9.60. The maximum absolute atomic E-state index is 6.31. The van der Waals surface area contributed by atoms with Gasteiger partial charge in [-0.05, 0) is 51.2 Å². The minimum atomic E-state index is 0.528. The van der Waals surface area contributed by atoms with Gasteiger partial charge in [-0.1, -0.05) is 18.5 Å². The summed E-state index contributed by atoms with van der Waals surface area (Å²) in [6, 6.07) is 4.44. The number of hydrogen-bond acceptors (Lipinski definition) is 3. The maximum Gasteiger partial charge on any atom is 0.126 e. The zero-order valence-corrected chi connectivity index (χ0v) is 13.6. The third kappa shape index (κ3) is 4.64. The average molecular weight is 296 g/mol. The highest BCUT2D eigenvalue weighted by Gasteiger charge is 2.26. The summed E-state index contributed by atoms with van der Waals surface area (Å²) in [4.78, 5) is 7.16. The molecule has 0 spiro atoms. The van der Waals surface area contributed by atoms with Crippen molar-refractivity contribution in [3.63, 3.8) is 0 Å². The third-order valence-corrected chi connectivity index (χ3v) is 4.09. The molecule has 3 nitrogen and oxygen atoms in total. The molecule has 20 heavy (non-hydrogen) atoms. The van der Waals surface area contributed by atoms with Gasteiger partial charge in [0.05, 0.1) is 10.7 Å². The average Bonchev–Trinajstić information content (AvgIpc) is 3.22. The van der Waals surface area contributed by atoms with Gasteiger partial charge in [0.15, 0.2) is 0 Å². The largest absolute Gasteiger partial charge is 0.370 e. The van der Waals surface area contributed by atoms with Gasteiger partial charge in [-0.15, -0.1) is 0 Å². The molecule has 1 fully saturated rings. The van der Waals surface area contributed by atoms with Crippen molar-refractivity contribution in [2.24, 2.45) is 5.92 Å². The summed E-state index contributed by atoms with van der Waals surface area (Å²) < 4.78 is 0. The highest BCUT2D eigenvalue weighted by Crippen LogP contribution is 2.31. The van der Waals surface area contributed by atoms with Crippen LogP contribution in [0.25, 0.3) is 0 Å². The van der Waals surface area contributed by atoms with Crippen LogP contribution in [0.15, 0.2) is 12.1 Å². The lowest BCUT2D eigenvalue weighted by molar-refractivity contribution is 0.201. The lowest BCUT2D eigenvalue weighted by Crippen LogP contribution is -2.32. The van der Waals surface area contributed by atoms with E-state index in [0.29, 0.717) is 6.04 Å². The van der Waals surface area contributed by atoms with E-state index in [4.69, 9.17) is 11.6 Å². The Morgan fingerprint density at radius 2 is 2.15 bits per heavy atom. The van der Waals surface area contributed by atoms with E-state index in [1.807, 2.05) is 12.1 Å². The Labute approximate surface area is 127 Å². The standard InChI is InChI=1S/C16H26ClN3/c1-4-9-18-16-8-7-14(17)15(19-16)11-20(12(2)3)10-13-5-6-13/h7-8,12-13H,4-6,9-11H2,1-3H3,(H,18,19). The van der Waals surface area contributed by atoms with Gasteiger partial charge in [-0.2, -0.15) is 0 Å². The van der Waals surface area contributed by atoms with Crippen molar-refractivity contribution in [3.05, 3.63) is 22.8 Å². The van der Waals surface area contributed by atoms with E-state index in [-0.39, 0.29) is 0 Å². The van der Waals surface area contributed by atoms with Crippen molar-refractivity contribution >= 4 is 17.4 Å². The van der Waals surface area contributed by atoms with Gasteiger partial charge in [0.1, 0.15) is 5.82 Å². The number of aromatic nitrogens is 1. The summed E-state index contributed by atoms with van der Waals surface area (Å²) in [6.07, 6.45) is 3.85. The molecule has 1 N–H and O–H groups in total. The number of nitrogens with one attached hydrogen (secondary N) is 1. The molecule has 112 valence electrons. The van der Waals surface area contributed by atoms with Crippen LogP contribution in [0.1, 0.15) is 45.7 Å². The highest BCUT2D eigenvalue weighted by molar-refractivity contribution is 6.31. The van der Waals surface area contributed by atoms with Crippen molar-refractivity contribution in [1.29, 1.82) is 0 Å². The molecule has 1 aromatic rings. The molecule has 0 saturated heterocycles. The summed E-state index contributed by atoms with van der Waals surface area (Å²) in [7, 11) is 0. The van der Waals surface area contributed by atoms with E-state index in [1.54, 1.807) is 0 Å². The Morgan fingerprint density at radius 3 is 2.75 bits per heavy atom. The predicted molar refractivity (Wildman–Crippen MR) is 86.3 cm³/mol. The first-order valence-corrected chi connectivity index (χ1v) is 8.11. The molecular formula is C16H26ClN3. The van der Waals surface area contributed by atoms with Crippen LogP contribution in [-0.2, 0) is 6.54 Å². The summed E-state index contributed by atoms with van der Waals surface area (Å²) in [5.74, 6) is 1.82. The molecule has 1 aromatic heterocycles. The van der Waals surface area contributed by atoms with E-state index in [9.17, 15) is 0 Å². The summed E-state index contributed by atoms with van der Waals surface area (Å²) in [5.41, 5.74) is 0.988. The van der Waals surface area contributed by atoms with Crippen LogP contribution in [0.5, 0.6) is 0 Å². The fourth-order valence-corrected chi connectivity index (χ4v) is 2.39.